The summed E-state index contributed by atoms with van der Waals surface area (Å²) in [6, 6.07) is 63.1. The molecule has 0 saturated heterocycles. The first-order valence-electron chi connectivity index (χ1n) is 27.8. The summed E-state index contributed by atoms with van der Waals surface area (Å²) in [6.07, 6.45) is 9.90. The summed E-state index contributed by atoms with van der Waals surface area (Å²) in [7, 11) is 0. The topological polar surface area (TPSA) is 53.5 Å². The molecule has 0 aliphatic carbocycles. The van der Waals surface area contributed by atoms with Gasteiger partial charge in [0.15, 0.2) is 11.6 Å². The number of hydrogen-bond donors (Lipinski definition) is 0. The van der Waals surface area contributed by atoms with Crippen molar-refractivity contribution in [3.63, 3.8) is 0 Å². The zero-order valence-corrected chi connectivity index (χ0v) is 44.6. The van der Waals surface area contributed by atoms with E-state index in [0.29, 0.717) is 29.4 Å². The average Bonchev–Trinajstić information content (AvgIpc) is 4.10. The maximum atomic E-state index is 5.35. The van der Waals surface area contributed by atoms with Crippen molar-refractivity contribution in [2.24, 2.45) is 11.8 Å². The van der Waals surface area contributed by atoms with Gasteiger partial charge >= 0.3 is 0 Å². The third kappa shape index (κ3) is 8.98. The molecule has 2 atom stereocenters. The summed E-state index contributed by atoms with van der Waals surface area (Å²) in [4.78, 5) is 15.9. The molecule has 12 rings (SSSR count). The van der Waals surface area contributed by atoms with Gasteiger partial charge in [-0.25, -0.2) is 4.98 Å². The summed E-state index contributed by atoms with van der Waals surface area (Å²) in [5.74, 6) is 3.18. The van der Waals surface area contributed by atoms with E-state index < -0.39 is 0 Å². The minimum absolute atomic E-state index is 0.593. The Bertz CT molecular complexity index is 3810. The van der Waals surface area contributed by atoms with Crippen LogP contribution in [0.2, 0.25) is 0 Å². The molecule has 0 fully saturated rings. The van der Waals surface area contributed by atoms with Gasteiger partial charge in [-0.2, -0.15) is 9.97 Å². The number of hydrogen-bond acceptors (Lipinski definition) is 3. The third-order valence-corrected chi connectivity index (χ3v) is 16.3. The van der Waals surface area contributed by atoms with Gasteiger partial charge < -0.3 is 9.13 Å². The van der Waals surface area contributed by atoms with Crippen LogP contribution in [0.25, 0.3) is 116 Å². The smallest absolute Gasteiger partial charge is 0.238 e. The average molecular weight is 981 g/mol. The van der Waals surface area contributed by atoms with Crippen molar-refractivity contribution in [1.82, 2.24) is 28.7 Å². The van der Waals surface area contributed by atoms with Crippen LogP contribution in [0.15, 0.2) is 170 Å². The lowest BCUT2D eigenvalue weighted by Gasteiger charge is -2.17. The molecule has 4 aromatic heterocycles. The Kier molecular flexibility index (Phi) is 13.1. The fraction of sp³-hybridized carbons (Fsp3) is 0.261. The highest BCUT2D eigenvalue weighted by Gasteiger charge is 2.22. The van der Waals surface area contributed by atoms with E-state index in [9.17, 15) is 0 Å². The number of benzene rings is 8. The number of rotatable bonds is 17. The van der Waals surface area contributed by atoms with E-state index >= 15 is 0 Å². The number of nitrogens with zero attached hydrogens (tertiary/aromatic N) is 6. The van der Waals surface area contributed by atoms with E-state index in [0.717, 1.165) is 57.1 Å². The molecule has 8 aromatic carbocycles. The fourth-order valence-corrected chi connectivity index (χ4v) is 12.1. The highest BCUT2D eigenvalue weighted by molar-refractivity contribution is 6.14. The van der Waals surface area contributed by atoms with E-state index in [1.807, 2.05) is 0 Å². The van der Waals surface area contributed by atoms with Gasteiger partial charge in [-0.1, -0.05) is 174 Å². The number of fused-ring (bicyclic) bond motifs is 9. The predicted molar refractivity (Wildman–Crippen MR) is 318 cm³/mol. The van der Waals surface area contributed by atoms with Gasteiger partial charge in [0, 0.05) is 78.6 Å². The molecule has 6 nitrogen and oxygen atoms in total. The van der Waals surface area contributed by atoms with Gasteiger partial charge in [-0.05, 0) is 134 Å². The van der Waals surface area contributed by atoms with Crippen LogP contribution in [0.3, 0.4) is 0 Å². The Morgan fingerprint density at radius 2 is 0.747 bits per heavy atom. The van der Waals surface area contributed by atoms with E-state index in [4.69, 9.17) is 15.0 Å². The molecule has 0 amide bonds. The molecule has 374 valence electrons. The third-order valence-electron chi connectivity index (χ3n) is 16.3. The molecule has 4 heterocycles. The van der Waals surface area contributed by atoms with Crippen molar-refractivity contribution in [3.05, 3.63) is 181 Å². The first kappa shape index (κ1) is 48.1. The molecule has 0 aliphatic rings. The fourth-order valence-electron chi connectivity index (χ4n) is 12.1. The number of unbranched alkanes of at least 4 members (excludes halogenated alkanes) is 2. The first-order chi connectivity index (χ1) is 36.8. The summed E-state index contributed by atoms with van der Waals surface area (Å²) < 4.78 is 7.44. The first-order valence-corrected chi connectivity index (χ1v) is 27.8. The standard InChI is InChI=1S/C69H68N6/c1-7-11-21-47(9-3)43-73-61-27-15-13-25-55(61)57-39-49(29-33-63(57)73)51-31-35-65-59(41-51)60-42-52(50-30-34-64-58(40-50)56-26-14-16-28-62(56)74(64)44-48(10-4)22-12-8-2)32-36-66(60)75(65)69-71-67(53-23-17-19-45(5)37-53)70-68(72-69)54-24-18-20-46(6)38-54/h13-20,23-42,47-48H,7-12,21-22,43-44H2,1-6H3. The number of aryl methyl sites for hydroxylation is 2. The SMILES string of the molecule is CCCCC(CC)Cn1c2ccccc2c2cc(-c3ccc4c(c3)c3cc(-c5ccc6c(c5)c5ccccc5n6CC(CC)CCCC)ccc3n4-c3nc(-c4cccc(C)c4)nc(-c4cccc(C)c4)n3)ccc21. The summed E-state index contributed by atoms with van der Waals surface area (Å²) >= 11 is 0. The molecule has 0 spiro atoms. The Labute approximate surface area is 441 Å². The largest absolute Gasteiger partial charge is 0.340 e. The van der Waals surface area contributed by atoms with Crippen LogP contribution in [0.1, 0.15) is 90.2 Å². The molecule has 2 unspecified atom stereocenters. The van der Waals surface area contributed by atoms with E-state index in [-0.39, 0.29) is 0 Å². The Hall–Kier alpha value is -7.83. The quantitative estimate of drug-likeness (QED) is 0.0913. The molecule has 75 heavy (non-hydrogen) atoms. The molecule has 0 saturated carbocycles. The van der Waals surface area contributed by atoms with E-state index in [2.05, 4.69) is 225 Å². The van der Waals surface area contributed by atoms with Crippen molar-refractivity contribution in [1.29, 1.82) is 0 Å². The maximum Gasteiger partial charge on any atom is 0.238 e. The van der Waals surface area contributed by atoms with Gasteiger partial charge in [0.1, 0.15) is 0 Å². The molecule has 0 aliphatic heterocycles. The predicted octanol–water partition coefficient (Wildman–Crippen LogP) is 18.9. The minimum atomic E-state index is 0.593. The van der Waals surface area contributed by atoms with Crippen LogP contribution in [0.5, 0.6) is 0 Å². The van der Waals surface area contributed by atoms with Gasteiger partial charge in [0.2, 0.25) is 5.95 Å². The van der Waals surface area contributed by atoms with Crippen molar-refractivity contribution in [3.8, 4) is 51.0 Å². The highest BCUT2D eigenvalue weighted by Crippen LogP contribution is 2.41. The normalized spacial score (nSPS) is 12.8. The van der Waals surface area contributed by atoms with Crippen LogP contribution in [-0.4, -0.2) is 28.7 Å². The van der Waals surface area contributed by atoms with Crippen LogP contribution in [-0.2, 0) is 13.1 Å². The maximum absolute atomic E-state index is 5.35. The molecular formula is C69H68N6. The highest BCUT2D eigenvalue weighted by atomic mass is 15.2. The molecular weight excluding hydrogens is 913 g/mol. The van der Waals surface area contributed by atoms with Crippen molar-refractivity contribution in [2.75, 3.05) is 0 Å². The lowest BCUT2D eigenvalue weighted by molar-refractivity contribution is 0.401. The van der Waals surface area contributed by atoms with Crippen molar-refractivity contribution in [2.45, 2.75) is 106 Å². The lowest BCUT2D eigenvalue weighted by Crippen LogP contribution is -2.10. The van der Waals surface area contributed by atoms with E-state index in [1.165, 1.54) is 117 Å². The zero-order valence-electron chi connectivity index (χ0n) is 44.6. The van der Waals surface area contributed by atoms with Gasteiger partial charge in [-0.3, -0.25) is 4.57 Å². The van der Waals surface area contributed by atoms with Crippen LogP contribution < -0.4 is 0 Å². The molecule has 12 aromatic rings. The monoisotopic (exact) mass is 981 g/mol. The number of para-hydroxylation sites is 2. The minimum Gasteiger partial charge on any atom is -0.340 e. The Morgan fingerprint density at radius 1 is 0.360 bits per heavy atom. The molecule has 0 radical (unpaired) electrons. The molecule has 0 N–H and O–H groups in total. The zero-order chi connectivity index (χ0) is 51.2. The summed E-state index contributed by atoms with van der Waals surface area (Å²) in [6.45, 7) is 15.6. The molecule has 0 bridgehead atoms. The molecule has 6 heteroatoms. The van der Waals surface area contributed by atoms with Crippen LogP contribution in [0.4, 0.5) is 0 Å². The second kappa shape index (κ2) is 20.5. The number of aromatic nitrogens is 6. The van der Waals surface area contributed by atoms with Crippen molar-refractivity contribution < 1.29 is 0 Å². The summed E-state index contributed by atoms with van der Waals surface area (Å²) in [5.41, 5.74) is 16.3. The van der Waals surface area contributed by atoms with Gasteiger partial charge in [-0.15, -0.1) is 0 Å². The second-order valence-electron chi connectivity index (χ2n) is 21.4. The van der Waals surface area contributed by atoms with Crippen molar-refractivity contribution >= 4 is 65.4 Å². The Balaban J connectivity index is 1.05. The summed E-state index contributed by atoms with van der Waals surface area (Å²) in [5, 5.41) is 7.54. The lowest BCUT2D eigenvalue weighted by atomic mass is 9.98. The van der Waals surface area contributed by atoms with E-state index in [1.54, 1.807) is 0 Å². The van der Waals surface area contributed by atoms with Crippen LogP contribution >= 0.6 is 0 Å². The van der Waals surface area contributed by atoms with Gasteiger partial charge in [0.25, 0.3) is 0 Å². The van der Waals surface area contributed by atoms with Gasteiger partial charge in [0.05, 0.1) is 11.0 Å². The Morgan fingerprint density at radius 3 is 1.15 bits per heavy atom. The van der Waals surface area contributed by atoms with Crippen LogP contribution in [0, 0.1) is 25.7 Å². The second-order valence-corrected chi connectivity index (χ2v) is 21.4.